The maximum atomic E-state index is 12.4. The van der Waals surface area contributed by atoms with Crippen LogP contribution in [-0.4, -0.2) is 17.1 Å². The smallest absolute Gasteiger partial charge is 0.298 e. The van der Waals surface area contributed by atoms with E-state index in [1.165, 1.54) is 39.2 Å². The van der Waals surface area contributed by atoms with Gasteiger partial charge in [0.15, 0.2) is 0 Å². The first-order valence-electron chi connectivity index (χ1n) is 7.59. The van der Waals surface area contributed by atoms with Gasteiger partial charge in [-0.25, -0.2) is 0 Å². The SMILES string of the molecule is COc1nc(N)c(C2C3CC4CC(C3)CC2C4)c(=O)[nH]1. The molecule has 0 unspecified atom stereocenters. The van der Waals surface area contributed by atoms with Crippen molar-refractivity contribution in [2.45, 2.75) is 38.0 Å². The molecule has 4 aliphatic rings. The molecule has 0 amide bonds. The van der Waals surface area contributed by atoms with Gasteiger partial charge in [0.2, 0.25) is 0 Å². The first-order chi connectivity index (χ1) is 9.65. The van der Waals surface area contributed by atoms with E-state index in [4.69, 9.17) is 10.5 Å². The highest BCUT2D eigenvalue weighted by molar-refractivity contribution is 5.42. The minimum atomic E-state index is -0.105. The van der Waals surface area contributed by atoms with Crippen LogP contribution in [0.2, 0.25) is 0 Å². The van der Waals surface area contributed by atoms with Crippen LogP contribution in [0.25, 0.3) is 0 Å². The number of nitrogens with zero attached hydrogens (tertiary/aromatic N) is 1. The highest BCUT2D eigenvalue weighted by Gasteiger charge is 2.49. The summed E-state index contributed by atoms with van der Waals surface area (Å²) in [5.41, 5.74) is 6.68. The molecule has 4 fully saturated rings. The first kappa shape index (κ1) is 12.2. The highest BCUT2D eigenvalue weighted by Crippen LogP contribution is 2.59. The summed E-state index contributed by atoms with van der Waals surface area (Å²) in [5, 5.41) is 0. The van der Waals surface area contributed by atoms with E-state index in [9.17, 15) is 4.79 Å². The lowest BCUT2D eigenvalue weighted by atomic mass is 9.51. The maximum Gasteiger partial charge on any atom is 0.298 e. The lowest BCUT2D eigenvalue weighted by Gasteiger charge is -2.54. The van der Waals surface area contributed by atoms with Crippen LogP contribution in [0.15, 0.2) is 4.79 Å². The number of methoxy groups -OCH3 is 1. The van der Waals surface area contributed by atoms with Gasteiger partial charge in [-0.05, 0) is 61.7 Å². The minimum absolute atomic E-state index is 0.105. The molecule has 108 valence electrons. The third kappa shape index (κ3) is 1.68. The van der Waals surface area contributed by atoms with Crippen LogP contribution < -0.4 is 16.0 Å². The standard InChI is InChI=1S/C15H21N3O2/c1-20-15-17-13(16)12(14(19)18-15)11-9-3-7-2-8(5-9)6-10(11)4-7/h7-11H,2-6H2,1H3,(H3,16,17,18,19). The third-order valence-corrected chi connectivity index (χ3v) is 5.72. The zero-order valence-corrected chi connectivity index (χ0v) is 11.8. The molecular formula is C15H21N3O2. The molecule has 0 saturated heterocycles. The lowest BCUT2D eigenvalue weighted by Crippen LogP contribution is -2.45. The fraction of sp³-hybridized carbons (Fsp3) is 0.733. The number of nitrogen functional groups attached to an aromatic ring is 1. The Morgan fingerprint density at radius 2 is 1.75 bits per heavy atom. The van der Waals surface area contributed by atoms with Gasteiger partial charge in [-0.3, -0.25) is 9.78 Å². The number of aromatic amines is 1. The number of hydrogen-bond acceptors (Lipinski definition) is 4. The molecule has 0 spiro atoms. The monoisotopic (exact) mass is 275 g/mol. The van der Waals surface area contributed by atoms with E-state index >= 15 is 0 Å². The Hall–Kier alpha value is -1.52. The topological polar surface area (TPSA) is 81.0 Å². The number of nitrogens with two attached hydrogens (primary N) is 1. The highest BCUT2D eigenvalue weighted by atomic mass is 16.5. The van der Waals surface area contributed by atoms with Crippen molar-refractivity contribution in [1.82, 2.24) is 9.97 Å². The summed E-state index contributed by atoms with van der Waals surface area (Å²) in [6.45, 7) is 0. The van der Waals surface area contributed by atoms with Gasteiger partial charge < -0.3 is 10.5 Å². The first-order valence-corrected chi connectivity index (χ1v) is 7.59. The Labute approximate surface area is 117 Å². The molecule has 4 bridgehead atoms. The van der Waals surface area contributed by atoms with Gasteiger partial charge in [-0.2, -0.15) is 4.98 Å². The average Bonchev–Trinajstić information content (AvgIpc) is 2.39. The van der Waals surface area contributed by atoms with E-state index in [1.54, 1.807) is 0 Å². The van der Waals surface area contributed by atoms with Crippen molar-refractivity contribution in [3.05, 3.63) is 15.9 Å². The molecule has 3 N–H and O–H groups in total. The Morgan fingerprint density at radius 1 is 1.15 bits per heavy atom. The second kappa shape index (κ2) is 4.24. The Balaban J connectivity index is 1.76. The van der Waals surface area contributed by atoms with Gasteiger partial charge in [0.1, 0.15) is 5.82 Å². The van der Waals surface area contributed by atoms with Crippen molar-refractivity contribution < 1.29 is 4.74 Å². The Morgan fingerprint density at radius 3 is 2.25 bits per heavy atom. The van der Waals surface area contributed by atoms with Crippen molar-refractivity contribution >= 4 is 5.82 Å². The van der Waals surface area contributed by atoms with E-state index in [0.29, 0.717) is 23.6 Å². The summed E-state index contributed by atoms with van der Waals surface area (Å²) in [4.78, 5) is 19.3. The zero-order chi connectivity index (χ0) is 13.9. The molecule has 0 aromatic carbocycles. The molecule has 4 saturated carbocycles. The number of H-pyrrole nitrogens is 1. The largest absolute Gasteiger partial charge is 0.468 e. The molecule has 5 heteroatoms. The predicted octanol–water partition coefficient (Wildman–Crippen LogP) is 1.90. The van der Waals surface area contributed by atoms with E-state index < -0.39 is 0 Å². The summed E-state index contributed by atoms with van der Waals surface area (Å²) in [6, 6.07) is 0.208. The molecule has 0 aliphatic heterocycles. The zero-order valence-electron chi connectivity index (χ0n) is 11.8. The molecule has 1 aromatic heterocycles. The second-order valence-electron chi connectivity index (χ2n) is 6.83. The maximum absolute atomic E-state index is 12.4. The lowest BCUT2D eigenvalue weighted by molar-refractivity contribution is -0.00313. The molecule has 5 nitrogen and oxygen atoms in total. The number of ether oxygens (including phenoxy) is 1. The van der Waals surface area contributed by atoms with Crippen molar-refractivity contribution in [2.75, 3.05) is 12.8 Å². The van der Waals surface area contributed by atoms with Gasteiger partial charge >= 0.3 is 0 Å². The summed E-state index contributed by atoms with van der Waals surface area (Å²) < 4.78 is 4.99. The molecule has 20 heavy (non-hydrogen) atoms. The van der Waals surface area contributed by atoms with Gasteiger partial charge in [0.25, 0.3) is 11.6 Å². The number of nitrogens with one attached hydrogen (secondary N) is 1. The van der Waals surface area contributed by atoms with E-state index in [0.717, 1.165) is 17.4 Å². The molecule has 0 atom stereocenters. The number of hydrogen-bond donors (Lipinski definition) is 2. The minimum Gasteiger partial charge on any atom is -0.468 e. The number of aromatic nitrogens is 2. The molecule has 4 aliphatic carbocycles. The predicted molar refractivity (Wildman–Crippen MR) is 75.6 cm³/mol. The van der Waals surface area contributed by atoms with Crippen LogP contribution in [0.1, 0.15) is 43.6 Å². The van der Waals surface area contributed by atoms with Gasteiger partial charge in [0, 0.05) is 0 Å². The Kier molecular flexibility index (Phi) is 2.59. The third-order valence-electron chi connectivity index (χ3n) is 5.72. The fourth-order valence-corrected chi connectivity index (χ4v) is 5.29. The van der Waals surface area contributed by atoms with Crippen molar-refractivity contribution in [3.63, 3.8) is 0 Å². The van der Waals surface area contributed by atoms with Crippen molar-refractivity contribution in [3.8, 4) is 6.01 Å². The van der Waals surface area contributed by atoms with Crippen LogP contribution in [0, 0.1) is 23.7 Å². The van der Waals surface area contributed by atoms with Crippen LogP contribution >= 0.6 is 0 Å². The summed E-state index contributed by atoms with van der Waals surface area (Å²) in [5.74, 6) is 3.71. The van der Waals surface area contributed by atoms with Gasteiger partial charge in [-0.15, -0.1) is 0 Å². The van der Waals surface area contributed by atoms with Crippen LogP contribution in [0.4, 0.5) is 5.82 Å². The fourth-order valence-electron chi connectivity index (χ4n) is 5.29. The van der Waals surface area contributed by atoms with Crippen molar-refractivity contribution in [2.24, 2.45) is 23.7 Å². The average molecular weight is 275 g/mol. The Bertz CT molecular complexity index is 567. The number of anilines is 1. The quantitative estimate of drug-likeness (QED) is 0.863. The molecule has 0 radical (unpaired) electrons. The van der Waals surface area contributed by atoms with E-state index in [1.807, 2.05) is 0 Å². The van der Waals surface area contributed by atoms with Crippen LogP contribution in [0.5, 0.6) is 6.01 Å². The molecule has 1 aromatic rings. The van der Waals surface area contributed by atoms with E-state index in [2.05, 4.69) is 9.97 Å². The summed E-state index contributed by atoms with van der Waals surface area (Å²) in [6.07, 6.45) is 6.47. The second-order valence-corrected chi connectivity index (χ2v) is 6.83. The van der Waals surface area contributed by atoms with Gasteiger partial charge in [0.05, 0.1) is 12.7 Å². The van der Waals surface area contributed by atoms with Crippen LogP contribution in [0.3, 0.4) is 0 Å². The van der Waals surface area contributed by atoms with Gasteiger partial charge in [-0.1, -0.05) is 0 Å². The molecule has 1 heterocycles. The van der Waals surface area contributed by atoms with E-state index in [-0.39, 0.29) is 11.6 Å². The summed E-state index contributed by atoms with van der Waals surface area (Å²) in [7, 11) is 1.49. The molecular weight excluding hydrogens is 254 g/mol. The van der Waals surface area contributed by atoms with Crippen molar-refractivity contribution in [1.29, 1.82) is 0 Å². The number of rotatable bonds is 2. The summed E-state index contributed by atoms with van der Waals surface area (Å²) >= 11 is 0. The normalized spacial score (nSPS) is 38.1. The van der Waals surface area contributed by atoms with Crippen LogP contribution in [-0.2, 0) is 0 Å². The molecule has 5 rings (SSSR count).